The molecular formula is C9H12ClN3O. The maximum atomic E-state index is 10.5. The van der Waals surface area contributed by atoms with Gasteiger partial charge in [0.2, 0.25) is 0 Å². The molecule has 0 heterocycles. The first kappa shape index (κ1) is 10.8. The minimum atomic E-state index is -0.570. The molecule has 1 aromatic rings. The average molecular weight is 214 g/mol. The highest BCUT2D eigenvalue weighted by molar-refractivity contribution is 6.32. The van der Waals surface area contributed by atoms with Crippen LogP contribution in [0.15, 0.2) is 18.2 Å². The maximum absolute atomic E-state index is 10.5. The molecule has 14 heavy (non-hydrogen) atoms. The number of primary amides is 1. The topological polar surface area (TPSA) is 81.1 Å². The van der Waals surface area contributed by atoms with Crippen LogP contribution >= 0.6 is 11.6 Å². The highest BCUT2D eigenvalue weighted by Gasteiger charge is 2.04. The van der Waals surface area contributed by atoms with E-state index in [1.807, 2.05) is 18.2 Å². The number of hydrogen-bond acceptors (Lipinski definition) is 2. The van der Waals surface area contributed by atoms with Crippen LogP contribution in [0.5, 0.6) is 0 Å². The van der Waals surface area contributed by atoms with Crippen LogP contribution in [0, 0.1) is 0 Å². The van der Waals surface area contributed by atoms with Gasteiger partial charge in [0.15, 0.2) is 0 Å². The Hall–Kier alpha value is -1.26. The molecule has 0 atom stereocenters. The van der Waals surface area contributed by atoms with Gasteiger partial charge in [-0.05, 0) is 11.1 Å². The van der Waals surface area contributed by atoms with E-state index in [1.54, 1.807) is 0 Å². The second kappa shape index (κ2) is 4.83. The number of carbonyl (C=O) groups excluding carboxylic acids is 1. The SMILES string of the molecule is NCc1cccc(CNC(N)=O)c1Cl. The molecule has 5 N–H and O–H groups in total. The largest absolute Gasteiger partial charge is 0.352 e. The molecule has 5 heteroatoms. The molecule has 2 amide bonds. The normalized spacial score (nSPS) is 9.86. The number of amides is 2. The summed E-state index contributed by atoms with van der Waals surface area (Å²) in [6.07, 6.45) is 0. The van der Waals surface area contributed by atoms with E-state index in [0.717, 1.165) is 11.1 Å². The minimum Gasteiger partial charge on any atom is -0.352 e. The molecule has 0 aromatic heterocycles. The van der Waals surface area contributed by atoms with E-state index < -0.39 is 6.03 Å². The number of nitrogens with two attached hydrogens (primary N) is 2. The van der Waals surface area contributed by atoms with Crippen molar-refractivity contribution < 1.29 is 4.79 Å². The van der Waals surface area contributed by atoms with E-state index in [9.17, 15) is 4.79 Å². The van der Waals surface area contributed by atoms with Crippen molar-refractivity contribution in [1.29, 1.82) is 0 Å². The van der Waals surface area contributed by atoms with Crippen LogP contribution in [0.25, 0.3) is 0 Å². The predicted molar refractivity (Wildman–Crippen MR) is 55.8 cm³/mol. The smallest absolute Gasteiger partial charge is 0.312 e. The summed E-state index contributed by atoms with van der Waals surface area (Å²) in [4.78, 5) is 10.5. The number of rotatable bonds is 3. The summed E-state index contributed by atoms with van der Waals surface area (Å²) < 4.78 is 0. The quantitative estimate of drug-likeness (QED) is 0.699. The number of benzene rings is 1. The van der Waals surface area contributed by atoms with Crippen LogP contribution in [0.4, 0.5) is 4.79 Å². The fourth-order valence-electron chi connectivity index (χ4n) is 1.11. The standard InChI is InChI=1S/C9H12ClN3O/c10-8-6(4-11)2-1-3-7(8)5-13-9(12)14/h1-3H,4-5,11H2,(H3,12,13,14). The first-order valence-electron chi connectivity index (χ1n) is 4.14. The van der Waals surface area contributed by atoms with Crippen molar-refractivity contribution in [3.8, 4) is 0 Å². The van der Waals surface area contributed by atoms with Crippen LogP contribution in [0.3, 0.4) is 0 Å². The Bertz CT molecular complexity index is 341. The number of carbonyl (C=O) groups is 1. The second-order valence-corrected chi connectivity index (χ2v) is 3.19. The first-order valence-corrected chi connectivity index (χ1v) is 4.52. The Morgan fingerprint density at radius 3 is 2.64 bits per heavy atom. The molecule has 0 aliphatic rings. The van der Waals surface area contributed by atoms with Crippen molar-refractivity contribution in [3.63, 3.8) is 0 Å². The predicted octanol–water partition coefficient (Wildman–Crippen LogP) is 0.967. The lowest BCUT2D eigenvalue weighted by atomic mass is 10.1. The zero-order valence-electron chi connectivity index (χ0n) is 7.59. The van der Waals surface area contributed by atoms with Crippen LogP contribution in [0.2, 0.25) is 5.02 Å². The molecule has 1 rings (SSSR count). The zero-order chi connectivity index (χ0) is 10.6. The van der Waals surface area contributed by atoms with Gasteiger partial charge in [-0.15, -0.1) is 0 Å². The lowest BCUT2D eigenvalue weighted by Gasteiger charge is -2.07. The molecule has 0 unspecified atom stereocenters. The second-order valence-electron chi connectivity index (χ2n) is 2.81. The summed E-state index contributed by atoms with van der Waals surface area (Å²) in [7, 11) is 0. The average Bonchev–Trinajstić information content (AvgIpc) is 2.16. The van der Waals surface area contributed by atoms with Gasteiger partial charge in [0, 0.05) is 13.1 Å². The van der Waals surface area contributed by atoms with E-state index in [2.05, 4.69) is 5.32 Å². The van der Waals surface area contributed by atoms with Gasteiger partial charge in [0.25, 0.3) is 0 Å². The van der Waals surface area contributed by atoms with E-state index >= 15 is 0 Å². The zero-order valence-corrected chi connectivity index (χ0v) is 8.34. The van der Waals surface area contributed by atoms with Crippen molar-refractivity contribution >= 4 is 17.6 Å². The number of hydrogen-bond donors (Lipinski definition) is 3. The third-order valence-electron chi connectivity index (χ3n) is 1.83. The van der Waals surface area contributed by atoms with Gasteiger partial charge in [-0.3, -0.25) is 0 Å². The van der Waals surface area contributed by atoms with Crippen LogP contribution in [-0.2, 0) is 13.1 Å². The van der Waals surface area contributed by atoms with Crippen LogP contribution < -0.4 is 16.8 Å². The lowest BCUT2D eigenvalue weighted by Crippen LogP contribution is -2.28. The van der Waals surface area contributed by atoms with E-state index in [0.29, 0.717) is 18.1 Å². The van der Waals surface area contributed by atoms with Crippen molar-refractivity contribution in [1.82, 2.24) is 5.32 Å². The highest BCUT2D eigenvalue weighted by Crippen LogP contribution is 2.20. The molecule has 0 aliphatic carbocycles. The highest BCUT2D eigenvalue weighted by atomic mass is 35.5. The first-order chi connectivity index (χ1) is 6.65. The summed E-state index contributed by atoms with van der Waals surface area (Å²) in [5.41, 5.74) is 12.1. The fourth-order valence-corrected chi connectivity index (χ4v) is 1.38. The van der Waals surface area contributed by atoms with Crippen LogP contribution in [-0.4, -0.2) is 6.03 Å². The van der Waals surface area contributed by atoms with Gasteiger partial charge >= 0.3 is 6.03 Å². The maximum Gasteiger partial charge on any atom is 0.312 e. The molecule has 4 nitrogen and oxygen atoms in total. The van der Waals surface area contributed by atoms with Crippen molar-refractivity contribution in [2.45, 2.75) is 13.1 Å². The third-order valence-corrected chi connectivity index (χ3v) is 2.32. The van der Waals surface area contributed by atoms with Crippen molar-refractivity contribution in [2.75, 3.05) is 0 Å². The van der Waals surface area contributed by atoms with Gasteiger partial charge in [-0.25, -0.2) is 4.79 Å². The molecular weight excluding hydrogens is 202 g/mol. The summed E-state index contributed by atoms with van der Waals surface area (Å²) in [6, 6.07) is 4.93. The van der Waals surface area contributed by atoms with Gasteiger partial charge < -0.3 is 16.8 Å². The molecule has 1 aromatic carbocycles. The minimum absolute atomic E-state index is 0.321. The Balaban J connectivity index is 2.81. The number of urea groups is 1. The van der Waals surface area contributed by atoms with Gasteiger partial charge in [0.05, 0.1) is 5.02 Å². The van der Waals surface area contributed by atoms with Gasteiger partial charge in [-0.1, -0.05) is 29.8 Å². The molecule has 0 fully saturated rings. The van der Waals surface area contributed by atoms with E-state index in [1.165, 1.54) is 0 Å². The molecule has 0 saturated heterocycles. The fraction of sp³-hybridized carbons (Fsp3) is 0.222. The Morgan fingerprint density at radius 1 is 1.43 bits per heavy atom. The summed E-state index contributed by atoms with van der Waals surface area (Å²) >= 11 is 6.02. The summed E-state index contributed by atoms with van der Waals surface area (Å²) in [6.45, 7) is 0.700. The molecule has 76 valence electrons. The summed E-state index contributed by atoms with van der Waals surface area (Å²) in [5.74, 6) is 0. The van der Waals surface area contributed by atoms with E-state index in [-0.39, 0.29) is 0 Å². The van der Waals surface area contributed by atoms with Gasteiger partial charge in [0.1, 0.15) is 0 Å². The molecule has 0 aliphatic heterocycles. The van der Waals surface area contributed by atoms with Gasteiger partial charge in [-0.2, -0.15) is 0 Å². The lowest BCUT2D eigenvalue weighted by molar-refractivity contribution is 0.248. The Labute approximate surface area is 87.2 Å². The van der Waals surface area contributed by atoms with Crippen molar-refractivity contribution in [3.05, 3.63) is 34.3 Å². The monoisotopic (exact) mass is 213 g/mol. The number of nitrogens with one attached hydrogen (secondary N) is 1. The molecule has 0 bridgehead atoms. The summed E-state index contributed by atoms with van der Waals surface area (Å²) in [5, 5.41) is 3.05. The van der Waals surface area contributed by atoms with Crippen molar-refractivity contribution in [2.24, 2.45) is 11.5 Å². The van der Waals surface area contributed by atoms with Crippen LogP contribution in [0.1, 0.15) is 11.1 Å². The van der Waals surface area contributed by atoms with E-state index in [4.69, 9.17) is 23.1 Å². The third kappa shape index (κ3) is 2.61. The Kier molecular flexibility index (Phi) is 3.73. The molecule has 0 radical (unpaired) electrons. The Morgan fingerprint density at radius 2 is 2.07 bits per heavy atom. The molecule has 0 saturated carbocycles. The number of halogens is 1. The molecule has 0 spiro atoms.